The van der Waals surface area contributed by atoms with Gasteiger partial charge in [0.05, 0.1) is 12.7 Å². The Morgan fingerprint density at radius 1 is 1.41 bits per heavy atom. The molecule has 0 saturated heterocycles. The summed E-state index contributed by atoms with van der Waals surface area (Å²) < 4.78 is 5.35. The second-order valence-corrected chi connectivity index (χ2v) is 4.42. The normalized spacial score (nSPS) is 20.8. The molecule has 0 saturated carbocycles. The number of ether oxygens (including phenoxy) is 1. The predicted octanol–water partition coefficient (Wildman–Crippen LogP) is 0.788. The van der Waals surface area contributed by atoms with Gasteiger partial charge in [-0.15, -0.1) is 0 Å². The minimum atomic E-state index is -0.865. The smallest absolute Gasteiger partial charge is 0.119 e. The van der Waals surface area contributed by atoms with Gasteiger partial charge in [-0.05, 0) is 42.5 Å². The Morgan fingerprint density at radius 3 is 3.00 bits per heavy atom. The molecule has 94 valence electrons. The summed E-state index contributed by atoms with van der Waals surface area (Å²) in [6.45, 7) is -0.251. The maximum absolute atomic E-state index is 9.86. The van der Waals surface area contributed by atoms with E-state index in [0.717, 1.165) is 24.8 Å². The van der Waals surface area contributed by atoms with Crippen molar-refractivity contribution in [2.24, 2.45) is 0 Å². The summed E-state index contributed by atoms with van der Waals surface area (Å²) in [5, 5.41) is 27.7. The van der Waals surface area contributed by atoms with Gasteiger partial charge in [0.1, 0.15) is 18.5 Å². The van der Waals surface area contributed by atoms with E-state index in [1.807, 2.05) is 18.2 Å². The molecule has 1 aromatic rings. The quantitative estimate of drug-likeness (QED) is 0.725. The molecule has 0 heterocycles. The molecule has 0 fully saturated rings. The molecule has 2 rings (SSSR count). The fraction of sp³-hybridized carbons (Fsp3) is 0.538. The lowest BCUT2D eigenvalue weighted by Crippen LogP contribution is -2.21. The molecule has 3 N–H and O–H groups in total. The van der Waals surface area contributed by atoms with E-state index in [0.29, 0.717) is 5.75 Å². The van der Waals surface area contributed by atoms with Gasteiger partial charge in [-0.3, -0.25) is 0 Å². The van der Waals surface area contributed by atoms with Crippen molar-refractivity contribution in [2.75, 3.05) is 13.2 Å². The Hall–Kier alpha value is -1.10. The lowest BCUT2D eigenvalue weighted by molar-refractivity contribution is 0.0534. The van der Waals surface area contributed by atoms with E-state index in [1.54, 1.807) is 0 Å². The molecule has 0 radical (unpaired) electrons. The molecule has 1 aromatic carbocycles. The predicted molar refractivity (Wildman–Crippen MR) is 62.9 cm³/mol. The van der Waals surface area contributed by atoms with Crippen molar-refractivity contribution >= 4 is 0 Å². The zero-order valence-electron chi connectivity index (χ0n) is 9.67. The van der Waals surface area contributed by atoms with Crippen molar-refractivity contribution in [3.63, 3.8) is 0 Å². The molecule has 4 heteroatoms. The number of hydrogen-bond acceptors (Lipinski definition) is 4. The van der Waals surface area contributed by atoms with Crippen molar-refractivity contribution in [1.82, 2.24) is 0 Å². The van der Waals surface area contributed by atoms with E-state index in [-0.39, 0.29) is 13.2 Å². The fourth-order valence-corrected chi connectivity index (χ4v) is 2.09. The summed E-state index contributed by atoms with van der Waals surface area (Å²) in [5.74, 6) is 0.622. The first-order chi connectivity index (χ1) is 8.20. The molecular weight excluding hydrogens is 220 g/mol. The van der Waals surface area contributed by atoms with Crippen molar-refractivity contribution in [3.8, 4) is 5.75 Å². The maximum atomic E-state index is 9.86. The number of rotatable bonds is 4. The van der Waals surface area contributed by atoms with Gasteiger partial charge in [-0.1, -0.05) is 6.07 Å². The van der Waals surface area contributed by atoms with Gasteiger partial charge in [-0.25, -0.2) is 0 Å². The van der Waals surface area contributed by atoms with Crippen LogP contribution in [0, 0.1) is 0 Å². The van der Waals surface area contributed by atoms with Gasteiger partial charge in [0.2, 0.25) is 0 Å². The third kappa shape index (κ3) is 2.97. The van der Waals surface area contributed by atoms with Crippen LogP contribution in [0.1, 0.15) is 30.1 Å². The molecule has 0 aromatic heterocycles. The highest BCUT2D eigenvalue weighted by Gasteiger charge is 2.18. The second kappa shape index (κ2) is 5.49. The average Bonchev–Trinajstić information content (AvgIpc) is 2.36. The van der Waals surface area contributed by atoms with Crippen LogP contribution in [0.2, 0.25) is 0 Å². The van der Waals surface area contributed by atoms with Gasteiger partial charge in [-0.2, -0.15) is 0 Å². The Bertz CT molecular complexity index is 378. The van der Waals surface area contributed by atoms with Gasteiger partial charge in [0.25, 0.3) is 0 Å². The third-order valence-corrected chi connectivity index (χ3v) is 3.05. The fourth-order valence-electron chi connectivity index (χ4n) is 2.09. The molecule has 0 spiro atoms. The van der Waals surface area contributed by atoms with E-state index < -0.39 is 12.2 Å². The van der Waals surface area contributed by atoms with Crippen LogP contribution < -0.4 is 4.74 Å². The van der Waals surface area contributed by atoms with E-state index in [9.17, 15) is 10.2 Å². The number of aliphatic hydroxyl groups excluding tert-OH is 3. The van der Waals surface area contributed by atoms with Crippen molar-refractivity contribution in [2.45, 2.75) is 31.5 Å². The molecule has 2 atom stereocenters. The third-order valence-electron chi connectivity index (χ3n) is 3.05. The SMILES string of the molecule is OCC(O)COc1ccc2c(c1)[C@@H](O)CCC2. The lowest BCUT2D eigenvalue weighted by Gasteiger charge is -2.22. The van der Waals surface area contributed by atoms with Gasteiger partial charge >= 0.3 is 0 Å². The molecule has 1 aliphatic carbocycles. The highest BCUT2D eigenvalue weighted by molar-refractivity contribution is 5.38. The van der Waals surface area contributed by atoms with Crippen molar-refractivity contribution in [3.05, 3.63) is 29.3 Å². The Labute approximate surface area is 100 Å². The first-order valence-electron chi connectivity index (χ1n) is 5.93. The first kappa shape index (κ1) is 12.4. The number of benzene rings is 1. The second-order valence-electron chi connectivity index (χ2n) is 4.42. The number of aliphatic hydroxyl groups is 3. The molecular formula is C13H18O4. The number of aryl methyl sites for hydroxylation is 1. The monoisotopic (exact) mass is 238 g/mol. The summed E-state index contributed by atoms with van der Waals surface area (Å²) in [7, 11) is 0. The highest BCUT2D eigenvalue weighted by Crippen LogP contribution is 2.32. The summed E-state index contributed by atoms with van der Waals surface area (Å²) in [6.07, 6.45) is 1.51. The molecule has 1 aliphatic rings. The van der Waals surface area contributed by atoms with E-state index in [1.165, 1.54) is 5.56 Å². The first-order valence-corrected chi connectivity index (χ1v) is 5.93. The molecule has 0 amide bonds. The summed E-state index contributed by atoms with van der Waals surface area (Å²) in [4.78, 5) is 0. The van der Waals surface area contributed by atoms with Crippen LogP contribution in [-0.2, 0) is 6.42 Å². The van der Waals surface area contributed by atoms with Gasteiger partial charge in [0, 0.05) is 0 Å². The van der Waals surface area contributed by atoms with Crippen LogP contribution in [0.4, 0.5) is 0 Å². The molecule has 0 bridgehead atoms. The highest BCUT2D eigenvalue weighted by atomic mass is 16.5. The van der Waals surface area contributed by atoms with Crippen molar-refractivity contribution < 1.29 is 20.1 Å². The largest absolute Gasteiger partial charge is 0.491 e. The average molecular weight is 238 g/mol. The van der Waals surface area contributed by atoms with Crippen LogP contribution >= 0.6 is 0 Å². The molecule has 1 unspecified atom stereocenters. The van der Waals surface area contributed by atoms with E-state index >= 15 is 0 Å². The van der Waals surface area contributed by atoms with Crippen LogP contribution in [0.25, 0.3) is 0 Å². The van der Waals surface area contributed by atoms with E-state index in [2.05, 4.69) is 0 Å². The lowest BCUT2D eigenvalue weighted by atomic mass is 9.89. The van der Waals surface area contributed by atoms with Crippen molar-refractivity contribution in [1.29, 1.82) is 0 Å². The summed E-state index contributed by atoms with van der Waals surface area (Å²) >= 11 is 0. The Balaban J connectivity index is 2.07. The Kier molecular flexibility index (Phi) is 3.99. The van der Waals surface area contributed by atoms with E-state index in [4.69, 9.17) is 9.84 Å². The minimum Gasteiger partial charge on any atom is -0.491 e. The minimum absolute atomic E-state index is 0.0609. The van der Waals surface area contributed by atoms with Crippen LogP contribution in [0.15, 0.2) is 18.2 Å². The molecule has 17 heavy (non-hydrogen) atoms. The van der Waals surface area contributed by atoms with Crippen LogP contribution in [0.5, 0.6) is 5.75 Å². The zero-order valence-corrected chi connectivity index (χ0v) is 9.67. The number of hydrogen-bond donors (Lipinski definition) is 3. The van der Waals surface area contributed by atoms with Crippen LogP contribution in [0.3, 0.4) is 0 Å². The molecule has 0 aliphatic heterocycles. The topological polar surface area (TPSA) is 69.9 Å². The summed E-state index contributed by atoms with van der Waals surface area (Å²) in [5.41, 5.74) is 2.09. The molecule has 4 nitrogen and oxygen atoms in total. The Morgan fingerprint density at radius 2 is 2.24 bits per heavy atom. The van der Waals surface area contributed by atoms with Gasteiger partial charge in [0.15, 0.2) is 0 Å². The zero-order chi connectivity index (χ0) is 12.3. The van der Waals surface area contributed by atoms with Crippen LogP contribution in [-0.4, -0.2) is 34.6 Å². The maximum Gasteiger partial charge on any atom is 0.119 e. The summed E-state index contributed by atoms with van der Waals surface area (Å²) in [6, 6.07) is 5.61. The number of fused-ring (bicyclic) bond motifs is 1. The standard InChI is InChI=1S/C13H18O4/c14-7-10(15)8-17-11-5-4-9-2-1-3-13(16)12(9)6-11/h4-6,10,13-16H,1-3,7-8H2/t10?,13-/m0/s1. The van der Waals surface area contributed by atoms with Gasteiger partial charge < -0.3 is 20.1 Å².